The lowest BCUT2D eigenvalue weighted by atomic mass is 10.2. The number of anilines is 1. The number of hydrogen-bond donors (Lipinski definition) is 2. The molecule has 1 amide bonds. The molecule has 0 radical (unpaired) electrons. The fourth-order valence-electron chi connectivity index (χ4n) is 1.35. The minimum Gasteiger partial charge on any atom is -0.363 e. The van der Waals surface area contributed by atoms with Gasteiger partial charge in [0, 0.05) is 5.69 Å². The molecule has 0 aliphatic heterocycles. The molecule has 6 nitrogen and oxygen atoms in total. The summed E-state index contributed by atoms with van der Waals surface area (Å²) in [5.41, 5.74) is 2.49. The molecular weight excluding hydrogens is 196 g/mol. The molecule has 0 saturated heterocycles. The molecule has 2 N–H and O–H groups in total. The summed E-state index contributed by atoms with van der Waals surface area (Å²) in [7, 11) is 0. The van der Waals surface area contributed by atoms with Crippen LogP contribution in [0.4, 0.5) is 5.69 Å². The van der Waals surface area contributed by atoms with Crippen molar-refractivity contribution in [3.8, 4) is 0 Å². The van der Waals surface area contributed by atoms with E-state index in [9.17, 15) is 4.79 Å². The largest absolute Gasteiger partial charge is 0.363 e. The van der Waals surface area contributed by atoms with Crippen LogP contribution in [0.3, 0.4) is 0 Å². The van der Waals surface area contributed by atoms with Gasteiger partial charge in [-0.3, -0.25) is 9.89 Å². The number of aromatic nitrogens is 3. The first kappa shape index (κ1) is 9.45. The molecule has 2 aromatic rings. The van der Waals surface area contributed by atoms with E-state index in [1.807, 2.05) is 0 Å². The molecule has 6 heteroatoms. The third-order valence-electron chi connectivity index (χ3n) is 2.05. The quantitative estimate of drug-likeness (QED) is 0.774. The van der Waals surface area contributed by atoms with Gasteiger partial charge in [-0.2, -0.15) is 5.10 Å². The van der Waals surface area contributed by atoms with Crippen molar-refractivity contribution in [1.29, 1.82) is 0 Å². The van der Waals surface area contributed by atoms with Gasteiger partial charge in [-0.15, -0.1) is 0 Å². The van der Waals surface area contributed by atoms with Crippen molar-refractivity contribution in [3.63, 3.8) is 0 Å². The van der Waals surface area contributed by atoms with Crippen LogP contribution in [-0.2, 0) is 0 Å². The molecule has 0 unspecified atom stereocenters. The Kier molecular flexibility index (Phi) is 2.24. The Morgan fingerprint density at radius 3 is 2.87 bits per heavy atom. The Bertz CT molecular complexity index is 453. The Hall–Kier alpha value is -2.11. The highest BCUT2D eigenvalue weighted by molar-refractivity contribution is 6.05. The van der Waals surface area contributed by atoms with Gasteiger partial charge in [0.2, 0.25) is 0 Å². The predicted molar refractivity (Wildman–Crippen MR) is 52.5 cm³/mol. The summed E-state index contributed by atoms with van der Waals surface area (Å²) in [6.45, 7) is 3.56. The van der Waals surface area contributed by atoms with Gasteiger partial charge in [0.05, 0.1) is 17.5 Å². The topological polar surface area (TPSA) is 83.8 Å². The molecular formula is C9H10N4O2. The van der Waals surface area contributed by atoms with Gasteiger partial charge in [0.1, 0.15) is 12.0 Å². The molecule has 0 fully saturated rings. The van der Waals surface area contributed by atoms with E-state index in [0.717, 1.165) is 5.69 Å². The van der Waals surface area contributed by atoms with E-state index in [0.29, 0.717) is 16.9 Å². The molecule has 0 aromatic carbocycles. The van der Waals surface area contributed by atoms with Gasteiger partial charge in [-0.25, -0.2) is 0 Å². The SMILES string of the molecule is Cc1n[nH]c(C)c1C(=O)Nc1cnoc1. The first-order valence-corrected chi connectivity index (χ1v) is 4.41. The average molecular weight is 206 g/mol. The van der Waals surface area contributed by atoms with Crippen molar-refractivity contribution in [2.24, 2.45) is 0 Å². The number of nitrogens with one attached hydrogen (secondary N) is 2. The Morgan fingerprint density at radius 1 is 1.53 bits per heavy atom. The van der Waals surface area contributed by atoms with Gasteiger partial charge < -0.3 is 9.84 Å². The second-order valence-corrected chi connectivity index (χ2v) is 3.18. The van der Waals surface area contributed by atoms with Crippen LogP contribution in [-0.4, -0.2) is 21.3 Å². The number of aryl methyl sites for hydroxylation is 2. The number of carbonyl (C=O) groups excluding carboxylic acids is 1. The first-order chi connectivity index (χ1) is 7.18. The number of nitrogens with zero attached hydrogens (tertiary/aromatic N) is 2. The number of amides is 1. The number of aromatic amines is 1. The zero-order chi connectivity index (χ0) is 10.8. The number of H-pyrrole nitrogens is 1. The highest BCUT2D eigenvalue weighted by Crippen LogP contribution is 2.12. The summed E-state index contributed by atoms with van der Waals surface area (Å²) in [6.07, 6.45) is 2.80. The van der Waals surface area contributed by atoms with Gasteiger partial charge in [0.15, 0.2) is 0 Å². The van der Waals surface area contributed by atoms with E-state index in [2.05, 4.69) is 25.2 Å². The molecule has 0 bridgehead atoms. The fraction of sp³-hybridized carbons (Fsp3) is 0.222. The zero-order valence-electron chi connectivity index (χ0n) is 8.37. The van der Waals surface area contributed by atoms with Crippen molar-refractivity contribution in [2.45, 2.75) is 13.8 Å². The van der Waals surface area contributed by atoms with Crippen LogP contribution in [0.2, 0.25) is 0 Å². The van der Waals surface area contributed by atoms with Crippen molar-refractivity contribution in [3.05, 3.63) is 29.4 Å². The summed E-state index contributed by atoms with van der Waals surface area (Å²) >= 11 is 0. The molecule has 0 spiro atoms. The molecule has 2 aromatic heterocycles. The number of rotatable bonds is 2. The Labute approximate surface area is 85.7 Å². The maximum absolute atomic E-state index is 11.8. The van der Waals surface area contributed by atoms with Crippen molar-refractivity contribution < 1.29 is 9.32 Å². The maximum Gasteiger partial charge on any atom is 0.259 e. The third-order valence-corrected chi connectivity index (χ3v) is 2.05. The number of hydrogen-bond acceptors (Lipinski definition) is 4. The average Bonchev–Trinajstić information content (AvgIpc) is 2.77. The lowest BCUT2D eigenvalue weighted by Gasteiger charge is -2.00. The summed E-state index contributed by atoms with van der Waals surface area (Å²) < 4.78 is 4.61. The van der Waals surface area contributed by atoms with Crippen LogP contribution in [0.15, 0.2) is 17.0 Å². The molecule has 0 atom stereocenters. The van der Waals surface area contributed by atoms with Crippen LogP contribution < -0.4 is 5.32 Å². The third kappa shape index (κ3) is 1.74. The normalized spacial score (nSPS) is 10.3. The van der Waals surface area contributed by atoms with Crippen molar-refractivity contribution in [1.82, 2.24) is 15.4 Å². The van der Waals surface area contributed by atoms with Gasteiger partial charge in [0.25, 0.3) is 5.91 Å². The molecule has 0 saturated carbocycles. The van der Waals surface area contributed by atoms with E-state index < -0.39 is 0 Å². The van der Waals surface area contributed by atoms with E-state index >= 15 is 0 Å². The standard InChI is InChI=1S/C9H10N4O2/c1-5-8(6(2)13-12-5)9(14)11-7-3-10-15-4-7/h3-4H,1-2H3,(H,11,14)(H,12,13). The maximum atomic E-state index is 11.8. The van der Waals surface area contributed by atoms with Crippen molar-refractivity contribution in [2.75, 3.05) is 5.32 Å². The fourth-order valence-corrected chi connectivity index (χ4v) is 1.35. The van der Waals surface area contributed by atoms with Crippen LogP contribution >= 0.6 is 0 Å². The predicted octanol–water partition coefficient (Wildman–Crippen LogP) is 1.27. The van der Waals surface area contributed by atoms with Crippen LogP contribution in [0.5, 0.6) is 0 Å². The highest BCUT2D eigenvalue weighted by Gasteiger charge is 2.15. The lowest BCUT2D eigenvalue weighted by Crippen LogP contribution is -2.13. The zero-order valence-corrected chi connectivity index (χ0v) is 8.37. The Morgan fingerprint density at radius 2 is 2.33 bits per heavy atom. The lowest BCUT2D eigenvalue weighted by molar-refractivity contribution is 0.102. The van der Waals surface area contributed by atoms with Crippen LogP contribution in [0.1, 0.15) is 21.7 Å². The summed E-state index contributed by atoms with van der Waals surface area (Å²) in [5, 5.41) is 12.8. The molecule has 0 aliphatic rings. The van der Waals surface area contributed by atoms with E-state index in [-0.39, 0.29) is 5.91 Å². The van der Waals surface area contributed by atoms with Crippen molar-refractivity contribution >= 4 is 11.6 Å². The second-order valence-electron chi connectivity index (χ2n) is 3.18. The summed E-state index contributed by atoms with van der Waals surface area (Å²) in [4.78, 5) is 11.8. The summed E-state index contributed by atoms with van der Waals surface area (Å²) in [6, 6.07) is 0. The summed E-state index contributed by atoms with van der Waals surface area (Å²) in [5.74, 6) is -0.220. The highest BCUT2D eigenvalue weighted by atomic mass is 16.5. The molecule has 2 rings (SSSR count). The van der Waals surface area contributed by atoms with Gasteiger partial charge >= 0.3 is 0 Å². The minimum atomic E-state index is -0.220. The van der Waals surface area contributed by atoms with Crippen LogP contribution in [0, 0.1) is 13.8 Å². The minimum absolute atomic E-state index is 0.220. The molecule has 2 heterocycles. The molecule has 0 aliphatic carbocycles. The van der Waals surface area contributed by atoms with Crippen LogP contribution in [0.25, 0.3) is 0 Å². The first-order valence-electron chi connectivity index (χ1n) is 4.41. The molecule has 78 valence electrons. The van der Waals surface area contributed by atoms with Gasteiger partial charge in [-0.05, 0) is 13.8 Å². The number of carbonyl (C=O) groups is 1. The van der Waals surface area contributed by atoms with E-state index in [4.69, 9.17) is 0 Å². The monoisotopic (exact) mass is 206 g/mol. The van der Waals surface area contributed by atoms with E-state index in [1.165, 1.54) is 12.5 Å². The van der Waals surface area contributed by atoms with Gasteiger partial charge in [-0.1, -0.05) is 5.16 Å². The Balaban J connectivity index is 2.22. The smallest absolute Gasteiger partial charge is 0.259 e. The second kappa shape index (κ2) is 3.56. The molecule has 15 heavy (non-hydrogen) atoms. The van der Waals surface area contributed by atoms with E-state index in [1.54, 1.807) is 13.8 Å².